The normalized spacial score (nSPS) is 20.5. The molecule has 1 unspecified atom stereocenters. The fourth-order valence-corrected chi connectivity index (χ4v) is 4.41. The van der Waals surface area contributed by atoms with Crippen molar-refractivity contribution < 1.29 is 8.42 Å². The number of nitrogens with one attached hydrogen (secondary N) is 1. The fourth-order valence-electron chi connectivity index (χ4n) is 3.08. The lowest BCUT2D eigenvalue weighted by atomic mass is 9.78. The van der Waals surface area contributed by atoms with Gasteiger partial charge in [-0.05, 0) is 49.4 Å². The molecule has 2 aromatic carbocycles. The minimum atomic E-state index is -3.76. The Kier molecular flexibility index (Phi) is 3.97. The Labute approximate surface area is 136 Å². The molecule has 1 aliphatic rings. The molecule has 0 spiro atoms. The molecular weight excluding hydrogens is 308 g/mol. The first kappa shape index (κ1) is 15.7. The van der Waals surface area contributed by atoms with E-state index in [9.17, 15) is 13.7 Å². The number of rotatable bonds is 3. The predicted molar refractivity (Wildman–Crippen MR) is 88.2 cm³/mol. The first-order valence-electron chi connectivity index (χ1n) is 7.57. The lowest BCUT2D eigenvalue weighted by Gasteiger charge is -2.33. The van der Waals surface area contributed by atoms with Crippen LogP contribution in [0.4, 0.5) is 0 Å². The number of aryl methyl sites for hydroxylation is 2. The van der Waals surface area contributed by atoms with Gasteiger partial charge in [0.1, 0.15) is 5.54 Å². The van der Waals surface area contributed by atoms with E-state index in [0.29, 0.717) is 6.42 Å². The molecule has 0 fully saturated rings. The van der Waals surface area contributed by atoms with Gasteiger partial charge in [0, 0.05) is 0 Å². The van der Waals surface area contributed by atoms with Gasteiger partial charge in [0.15, 0.2) is 0 Å². The average molecular weight is 326 g/mol. The zero-order chi connectivity index (χ0) is 16.5. The standard InChI is InChI=1S/C18H18N2O2S/c1-14-8-10-16(11-9-14)23(21,22)20-18(13-19)12-4-6-15-5-2-3-7-17(15)18/h2-3,5,7-11,20H,4,6,12H2,1H3. The van der Waals surface area contributed by atoms with E-state index in [2.05, 4.69) is 10.8 Å². The zero-order valence-electron chi connectivity index (χ0n) is 12.9. The van der Waals surface area contributed by atoms with Crippen LogP contribution in [-0.4, -0.2) is 8.42 Å². The maximum atomic E-state index is 12.7. The highest BCUT2D eigenvalue weighted by Crippen LogP contribution is 2.36. The highest BCUT2D eigenvalue weighted by atomic mass is 32.2. The monoisotopic (exact) mass is 326 g/mol. The minimum Gasteiger partial charge on any atom is -0.207 e. The van der Waals surface area contributed by atoms with Crippen molar-refractivity contribution in [2.45, 2.75) is 36.6 Å². The topological polar surface area (TPSA) is 70.0 Å². The van der Waals surface area contributed by atoms with Gasteiger partial charge >= 0.3 is 0 Å². The average Bonchev–Trinajstić information content (AvgIpc) is 2.55. The Hall–Kier alpha value is -2.16. The third kappa shape index (κ3) is 2.88. The Morgan fingerprint density at radius 2 is 1.83 bits per heavy atom. The number of nitrogens with zero attached hydrogens (tertiary/aromatic N) is 1. The first-order chi connectivity index (χ1) is 11.0. The van der Waals surface area contributed by atoms with E-state index in [0.717, 1.165) is 29.5 Å². The van der Waals surface area contributed by atoms with Gasteiger partial charge < -0.3 is 0 Å². The molecule has 0 saturated carbocycles. The first-order valence-corrected chi connectivity index (χ1v) is 9.05. The molecule has 118 valence electrons. The van der Waals surface area contributed by atoms with Gasteiger partial charge in [-0.1, -0.05) is 42.0 Å². The van der Waals surface area contributed by atoms with E-state index in [1.807, 2.05) is 31.2 Å². The summed E-state index contributed by atoms with van der Waals surface area (Å²) in [5.74, 6) is 0. The number of hydrogen-bond acceptors (Lipinski definition) is 3. The molecule has 1 aliphatic carbocycles. The quantitative estimate of drug-likeness (QED) is 0.942. The van der Waals surface area contributed by atoms with E-state index in [4.69, 9.17) is 0 Å². The van der Waals surface area contributed by atoms with Crippen molar-refractivity contribution in [3.63, 3.8) is 0 Å². The van der Waals surface area contributed by atoms with Crippen LogP contribution in [0.1, 0.15) is 29.5 Å². The lowest BCUT2D eigenvalue weighted by Crippen LogP contribution is -2.46. The van der Waals surface area contributed by atoms with Crippen molar-refractivity contribution in [3.05, 3.63) is 65.2 Å². The molecule has 0 aromatic heterocycles. The lowest BCUT2D eigenvalue weighted by molar-refractivity contribution is 0.421. The van der Waals surface area contributed by atoms with Crippen molar-refractivity contribution in [2.24, 2.45) is 0 Å². The van der Waals surface area contributed by atoms with Crippen LogP contribution in [0.2, 0.25) is 0 Å². The number of benzene rings is 2. The molecule has 5 heteroatoms. The maximum absolute atomic E-state index is 12.7. The molecule has 1 atom stereocenters. The van der Waals surface area contributed by atoms with Gasteiger partial charge in [0.2, 0.25) is 10.0 Å². The van der Waals surface area contributed by atoms with Crippen molar-refractivity contribution >= 4 is 10.0 Å². The molecule has 0 amide bonds. The second-order valence-corrected chi connectivity index (χ2v) is 7.63. The van der Waals surface area contributed by atoms with E-state index in [1.165, 1.54) is 0 Å². The van der Waals surface area contributed by atoms with E-state index in [1.54, 1.807) is 24.3 Å². The summed E-state index contributed by atoms with van der Waals surface area (Å²) in [7, 11) is -3.76. The van der Waals surface area contributed by atoms with Crippen LogP contribution in [0.3, 0.4) is 0 Å². The number of hydrogen-bond donors (Lipinski definition) is 1. The molecule has 3 rings (SSSR count). The second-order valence-electron chi connectivity index (χ2n) is 5.95. The van der Waals surface area contributed by atoms with Crippen LogP contribution in [0.25, 0.3) is 0 Å². The van der Waals surface area contributed by atoms with Crippen molar-refractivity contribution in [2.75, 3.05) is 0 Å². The summed E-state index contributed by atoms with van der Waals surface area (Å²) in [6, 6.07) is 16.4. The summed E-state index contributed by atoms with van der Waals surface area (Å²) < 4.78 is 28.1. The largest absolute Gasteiger partial charge is 0.242 e. The number of sulfonamides is 1. The van der Waals surface area contributed by atoms with Gasteiger partial charge in [-0.2, -0.15) is 9.98 Å². The van der Waals surface area contributed by atoms with Crippen molar-refractivity contribution in [1.29, 1.82) is 5.26 Å². The Morgan fingerprint density at radius 1 is 1.13 bits per heavy atom. The van der Waals surface area contributed by atoms with Gasteiger partial charge in [-0.25, -0.2) is 8.42 Å². The minimum absolute atomic E-state index is 0.181. The molecule has 0 saturated heterocycles. The van der Waals surface area contributed by atoms with Crippen LogP contribution in [0, 0.1) is 18.3 Å². The number of fused-ring (bicyclic) bond motifs is 1. The third-order valence-corrected chi connectivity index (χ3v) is 5.82. The van der Waals surface area contributed by atoms with Crippen molar-refractivity contribution in [1.82, 2.24) is 4.72 Å². The SMILES string of the molecule is Cc1ccc(S(=O)(=O)NC2(C#N)CCCc3ccccc32)cc1. The zero-order valence-corrected chi connectivity index (χ0v) is 13.7. The molecule has 0 radical (unpaired) electrons. The van der Waals surface area contributed by atoms with Crippen LogP contribution < -0.4 is 4.72 Å². The van der Waals surface area contributed by atoms with Crippen molar-refractivity contribution in [3.8, 4) is 6.07 Å². The summed E-state index contributed by atoms with van der Waals surface area (Å²) in [5, 5.41) is 9.77. The summed E-state index contributed by atoms with van der Waals surface area (Å²) >= 11 is 0. The second kappa shape index (κ2) is 5.80. The molecule has 0 aliphatic heterocycles. The Balaban J connectivity index is 2.04. The van der Waals surface area contributed by atoms with Gasteiger partial charge in [-0.15, -0.1) is 0 Å². The van der Waals surface area contributed by atoms with Crippen LogP contribution in [0.5, 0.6) is 0 Å². The molecule has 0 bridgehead atoms. The Morgan fingerprint density at radius 3 is 2.52 bits per heavy atom. The highest BCUT2D eigenvalue weighted by molar-refractivity contribution is 7.89. The van der Waals surface area contributed by atoms with E-state index < -0.39 is 15.6 Å². The summed E-state index contributed by atoms with van der Waals surface area (Å²) in [6.07, 6.45) is 2.12. The van der Waals surface area contributed by atoms with Crippen LogP contribution in [-0.2, 0) is 22.0 Å². The highest BCUT2D eigenvalue weighted by Gasteiger charge is 2.40. The summed E-state index contributed by atoms with van der Waals surface area (Å²) in [5.41, 5.74) is 1.59. The molecule has 0 heterocycles. The third-order valence-electron chi connectivity index (χ3n) is 4.31. The predicted octanol–water partition coefficient (Wildman–Crippen LogP) is 3.03. The maximum Gasteiger partial charge on any atom is 0.242 e. The molecular formula is C18H18N2O2S. The molecule has 23 heavy (non-hydrogen) atoms. The van der Waals surface area contributed by atoms with Gasteiger partial charge in [0.25, 0.3) is 0 Å². The molecule has 2 aromatic rings. The molecule has 1 N–H and O–H groups in total. The van der Waals surface area contributed by atoms with Crippen LogP contribution in [0.15, 0.2) is 53.4 Å². The van der Waals surface area contributed by atoms with E-state index >= 15 is 0 Å². The van der Waals surface area contributed by atoms with Gasteiger partial charge in [-0.3, -0.25) is 0 Å². The summed E-state index contributed by atoms with van der Waals surface area (Å²) in [6.45, 7) is 1.90. The smallest absolute Gasteiger partial charge is 0.207 e. The summed E-state index contributed by atoms with van der Waals surface area (Å²) in [4.78, 5) is 0.181. The number of nitriles is 1. The van der Waals surface area contributed by atoms with Gasteiger partial charge in [0.05, 0.1) is 11.0 Å². The van der Waals surface area contributed by atoms with E-state index in [-0.39, 0.29) is 4.90 Å². The molecule has 4 nitrogen and oxygen atoms in total. The Bertz CT molecular complexity index is 867. The van der Waals surface area contributed by atoms with Crippen LogP contribution >= 0.6 is 0 Å². The fraction of sp³-hybridized carbons (Fsp3) is 0.278.